The van der Waals surface area contributed by atoms with E-state index >= 15 is 0 Å². The first-order valence-electron chi connectivity index (χ1n) is 6.60. The van der Waals surface area contributed by atoms with Crippen molar-refractivity contribution in [3.63, 3.8) is 0 Å². The molecule has 0 amide bonds. The summed E-state index contributed by atoms with van der Waals surface area (Å²) < 4.78 is 0. The van der Waals surface area contributed by atoms with Crippen LogP contribution in [-0.2, 0) is 6.54 Å². The van der Waals surface area contributed by atoms with E-state index in [9.17, 15) is 0 Å². The van der Waals surface area contributed by atoms with Crippen molar-refractivity contribution in [2.45, 2.75) is 19.4 Å². The number of aromatic nitrogens is 2. The first-order valence-corrected chi connectivity index (χ1v) is 6.60. The van der Waals surface area contributed by atoms with Crippen LogP contribution in [0.4, 0.5) is 5.95 Å². The zero-order chi connectivity index (χ0) is 13.0. The Hall–Kier alpha value is -1.20. The Labute approximate surface area is 109 Å². The fourth-order valence-electron chi connectivity index (χ4n) is 2.48. The van der Waals surface area contributed by atoms with Gasteiger partial charge in [0.2, 0.25) is 5.95 Å². The number of anilines is 1. The quantitative estimate of drug-likeness (QED) is 0.852. The standard InChI is InChI=1S/C13H23N5/c1-17(2)10-11-4-7-18(8-5-11)13-15-6-3-12(9-14)16-13/h3,6,11H,4-5,7-10,14H2,1-2H3. The van der Waals surface area contributed by atoms with Crippen LogP contribution in [0.2, 0.25) is 0 Å². The van der Waals surface area contributed by atoms with Crippen LogP contribution in [0, 0.1) is 5.92 Å². The third kappa shape index (κ3) is 3.40. The van der Waals surface area contributed by atoms with Crippen LogP contribution in [0.25, 0.3) is 0 Å². The van der Waals surface area contributed by atoms with Gasteiger partial charge in [-0.15, -0.1) is 0 Å². The first kappa shape index (κ1) is 13.2. The van der Waals surface area contributed by atoms with Crippen LogP contribution in [-0.4, -0.2) is 48.6 Å². The van der Waals surface area contributed by atoms with Crippen molar-refractivity contribution in [3.05, 3.63) is 18.0 Å². The number of hydrogen-bond acceptors (Lipinski definition) is 5. The van der Waals surface area contributed by atoms with Gasteiger partial charge in [0.05, 0.1) is 5.69 Å². The lowest BCUT2D eigenvalue weighted by molar-refractivity contribution is 0.284. The van der Waals surface area contributed by atoms with Gasteiger partial charge in [0.15, 0.2) is 0 Å². The van der Waals surface area contributed by atoms with Crippen molar-refractivity contribution in [2.75, 3.05) is 38.6 Å². The third-order valence-electron chi connectivity index (χ3n) is 3.43. The molecule has 0 radical (unpaired) electrons. The second-order valence-corrected chi connectivity index (χ2v) is 5.24. The van der Waals surface area contributed by atoms with Crippen LogP contribution in [0.15, 0.2) is 12.3 Å². The van der Waals surface area contributed by atoms with E-state index in [0.717, 1.165) is 30.6 Å². The van der Waals surface area contributed by atoms with E-state index in [1.807, 2.05) is 6.07 Å². The molecule has 100 valence electrons. The maximum Gasteiger partial charge on any atom is 0.225 e. The fraction of sp³-hybridized carbons (Fsp3) is 0.692. The van der Waals surface area contributed by atoms with Crippen LogP contribution >= 0.6 is 0 Å². The van der Waals surface area contributed by atoms with Gasteiger partial charge >= 0.3 is 0 Å². The van der Waals surface area contributed by atoms with Crippen molar-refractivity contribution in [2.24, 2.45) is 11.7 Å². The molecule has 5 nitrogen and oxygen atoms in total. The summed E-state index contributed by atoms with van der Waals surface area (Å²) >= 11 is 0. The maximum absolute atomic E-state index is 5.61. The molecule has 2 heterocycles. The molecule has 0 aliphatic carbocycles. The molecule has 1 saturated heterocycles. The molecule has 2 rings (SSSR count). The van der Waals surface area contributed by atoms with Gasteiger partial charge in [-0.3, -0.25) is 0 Å². The average molecular weight is 249 g/mol. The maximum atomic E-state index is 5.61. The first-order chi connectivity index (χ1) is 8.69. The molecule has 5 heteroatoms. The summed E-state index contributed by atoms with van der Waals surface area (Å²) in [5, 5.41) is 0. The van der Waals surface area contributed by atoms with Gasteiger partial charge in [0, 0.05) is 32.4 Å². The SMILES string of the molecule is CN(C)CC1CCN(c2nccc(CN)n2)CC1. The van der Waals surface area contributed by atoms with Gasteiger partial charge < -0.3 is 15.5 Å². The summed E-state index contributed by atoms with van der Waals surface area (Å²) in [6.45, 7) is 3.75. The third-order valence-corrected chi connectivity index (χ3v) is 3.43. The van der Waals surface area contributed by atoms with Crippen molar-refractivity contribution in [1.29, 1.82) is 0 Å². The lowest BCUT2D eigenvalue weighted by Crippen LogP contribution is -2.38. The van der Waals surface area contributed by atoms with E-state index in [-0.39, 0.29) is 0 Å². The fourth-order valence-corrected chi connectivity index (χ4v) is 2.48. The Bertz CT molecular complexity index is 371. The van der Waals surface area contributed by atoms with E-state index in [2.05, 4.69) is 33.9 Å². The zero-order valence-corrected chi connectivity index (χ0v) is 11.3. The lowest BCUT2D eigenvalue weighted by atomic mass is 9.97. The molecule has 1 aliphatic heterocycles. The van der Waals surface area contributed by atoms with E-state index < -0.39 is 0 Å². The summed E-state index contributed by atoms with van der Waals surface area (Å²) in [5.74, 6) is 1.63. The molecule has 1 aliphatic rings. The Morgan fingerprint density at radius 2 is 2.11 bits per heavy atom. The largest absolute Gasteiger partial charge is 0.341 e. The number of nitrogens with two attached hydrogens (primary N) is 1. The normalized spacial score (nSPS) is 17.4. The lowest BCUT2D eigenvalue weighted by Gasteiger charge is -2.33. The molecular weight excluding hydrogens is 226 g/mol. The monoisotopic (exact) mass is 249 g/mol. The molecule has 18 heavy (non-hydrogen) atoms. The van der Waals surface area contributed by atoms with E-state index in [1.54, 1.807) is 6.20 Å². The molecule has 0 unspecified atom stereocenters. The number of piperidine rings is 1. The van der Waals surface area contributed by atoms with Gasteiger partial charge in [-0.1, -0.05) is 0 Å². The summed E-state index contributed by atoms with van der Waals surface area (Å²) in [7, 11) is 4.28. The van der Waals surface area contributed by atoms with E-state index in [0.29, 0.717) is 6.54 Å². The number of rotatable bonds is 4. The minimum absolute atomic E-state index is 0.479. The smallest absolute Gasteiger partial charge is 0.225 e. The van der Waals surface area contributed by atoms with Gasteiger partial charge in [-0.2, -0.15) is 0 Å². The number of nitrogens with zero attached hydrogens (tertiary/aromatic N) is 4. The number of hydrogen-bond donors (Lipinski definition) is 1. The molecule has 1 aromatic heterocycles. The van der Waals surface area contributed by atoms with Gasteiger partial charge in [-0.25, -0.2) is 9.97 Å². The summed E-state index contributed by atoms with van der Waals surface area (Å²) in [6, 6.07) is 1.88. The minimum Gasteiger partial charge on any atom is -0.341 e. The van der Waals surface area contributed by atoms with Gasteiger partial charge in [-0.05, 0) is 38.9 Å². The molecule has 0 spiro atoms. The summed E-state index contributed by atoms with van der Waals surface area (Å²) in [5.41, 5.74) is 6.52. The Balaban J connectivity index is 1.92. The van der Waals surface area contributed by atoms with Crippen LogP contribution in [0.1, 0.15) is 18.5 Å². The van der Waals surface area contributed by atoms with Gasteiger partial charge in [0.1, 0.15) is 0 Å². The summed E-state index contributed by atoms with van der Waals surface area (Å²) in [4.78, 5) is 13.4. The Morgan fingerprint density at radius 1 is 1.39 bits per heavy atom. The van der Waals surface area contributed by atoms with Crippen molar-refractivity contribution >= 4 is 5.95 Å². The second kappa shape index (κ2) is 6.11. The van der Waals surface area contributed by atoms with Crippen LogP contribution in [0.5, 0.6) is 0 Å². The van der Waals surface area contributed by atoms with Gasteiger partial charge in [0.25, 0.3) is 0 Å². The molecule has 0 bridgehead atoms. The molecule has 1 aromatic rings. The van der Waals surface area contributed by atoms with Crippen molar-refractivity contribution < 1.29 is 0 Å². The van der Waals surface area contributed by atoms with Crippen LogP contribution in [0.3, 0.4) is 0 Å². The highest BCUT2D eigenvalue weighted by Gasteiger charge is 2.21. The highest BCUT2D eigenvalue weighted by atomic mass is 15.3. The molecule has 0 atom stereocenters. The Kier molecular flexibility index (Phi) is 4.49. The topological polar surface area (TPSA) is 58.3 Å². The predicted molar refractivity (Wildman–Crippen MR) is 73.4 cm³/mol. The minimum atomic E-state index is 0.479. The average Bonchev–Trinajstić information content (AvgIpc) is 2.39. The molecule has 0 saturated carbocycles. The van der Waals surface area contributed by atoms with E-state index in [1.165, 1.54) is 19.4 Å². The predicted octanol–water partition coefficient (Wildman–Crippen LogP) is 0.713. The molecule has 0 aromatic carbocycles. The highest BCUT2D eigenvalue weighted by molar-refractivity contribution is 5.30. The van der Waals surface area contributed by atoms with E-state index in [4.69, 9.17) is 5.73 Å². The second-order valence-electron chi connectivity index (χ2n) is 5.24. The molecule has 1 fully saturated rings. The summed E-state index contributed by atoms with van der Waals surface area (Å²) in [6.07, 6.45) is 4.24. The Morgan fingerprint density at radius 3 is 2.72 bits per heavy atom. The van der Waals surface area contributed by atoms with Crippen molar-refractivity contribution in [1.82, 2.24) is 14.9 Å². The highest BCUT2D eigenvalue weighted by Crippen LogP contribution is 2.20. The zero-order valence-electron chi connectivity index (χ0n) is 11.3. The molecule has 2 N–H and O–H groups in total. The van der Waals surface area contributed by atoms with Crippen LogP contribution < -0.4 is 10.6 Å². The molecular formula is C13H23N5. The van der Waals surface area contributed by atoms with Crippen molar-refractivity contribution in [3.8, 4) is 0 Å².